The van der Waals surface area contributed by atoms with E-state index in [4.69, 9.17) is 21.1 Å². The van der Waals surface area contributed by atoms with Crippen LogP contribution in [0, 0.1) is 0 Å². The van der Waals surface area contributed by atoms with Gasteiger partial charge in [-0.15, -0.1) is 0 Å². The third-order valence-corrected chi connectivity index (χ3v) is 3.41. The van der Waals surface area contributed by atoms with Crippen LogP contribution in [0.4, 0.5) is 0 Å². The Kier molecular flexibility index (Phi) is 4.26. The minimum absolute atomic E-state index is 0.131. The molecule has 1 heterocycles. The summed E-state index contributed by atoms with van der Waals surface area (Å²) in [4.78, 5) is 0. The van der Waals surface area contributed by atoms with Crippen molar-refractivity contribution >= 4 is 11.6 Å². The molecule has 1 fully saturated rings. The fourth-order valence-electron chi connectivity index (χ4n) is 2.36. The number of nitrogens with one attached hydrogen (secondary N) is 1. The molecular weight excluding hydrogens is 238 g/mol. The Morgan fingerprint density at radius 2 is 2.35 bits per heavy atom. The van der Waals surface area contributed by atoms with Gasteiger partial charge in [0.25, 0.3) is 0 Å². The highest BCUT2D eigenvalue weighted by Crippen LogP contribution is 2.34. The van der Waals surface area contributed by atoms with Gasteiger partial charge in [-0.05, 0) is 38.1 Å². The maximum Gasteiger partial charge on any atom is 0.123 e. The number of methoxy groups -OCH3 is 1. The summed E-state index contributed by atoms with van der Waals surface area (Å²) in [5.74, 6) is 0.851. The Labute approximate surface area is 107 Å². The van der Waals surface area contributed by atoms with E-state index in [0.29, 0.717) is 0 Å². The summed E-state index contributed by atoms with van der Waals surface area (Å²) in [6.07, 6.45) is 2.39. The fraction of sp³-hybridized carbons (Fsp3) is 0.538. The highest BCUT2D eigenvalue weighted by atomic mass is 35.5. The van der Waals surface area contributed by atoms with Crippen LogP contribution in [0.15, 0.2) is 18.2 Å². The van der Waals surface area contributed by atoms with Gasteiger partial charge >= 0.3 is 0 Å². The predicted octanol–water partition coefficient (Wildman–Crippen LogP) is 2.79. The van der Waals surface area contributed by atoms with Gasteiger partial charge in [-0.1, -0.05) is 11.6 Å². The van der Waals surface area contributed by atoms with Gasteiger partial charge < -0.3 is 14.8 Å². The van der Waals surface area contributed by atoms with Gasteiger partial charge in [0.05, 0.1) is 19.3 Å². The largest absolute Gasteiger partial charge is 0.496 e. The summed E-state index contributed by atoms with van der Waals surface area (Å²) in [6, 6.07) is 5.82. The molecule has 2 unspecified atom stereocenters. The highest BCUT2D eigenvalue weighted by molar-refractivity contribution is 6.30. The Balaban J connectivity index is 2.31. The van der Waals surface area contributed by atoms with Crippen LogP contribution in [-0.4, -0.2) is 26.9 Å². The highest BCUT2D eigenvalue weighted by Gasteiger charge is 2.28. The number of benzene rings is 1. The Bertz CT molecular complexity index is 378. The molecule has 1 aliphatic heterocycles. The second-order valence-electron chi connectivity index (χ2n) is 4.20. The van der Waals surface area contributed by atoms with Crippen molar-refractivity contribution in [2.75, 3.05) is 20.8 Å². The molecule has 0 radical (unpaired) electrons. The lowest BCUT2D eigenvalue weighted by atomic mass is 9.98. The predicted molar refractivity (Wildman–Crippen MR) is 68.8 cm³/mol. The van der Waals surface area contributed by atoms with Gasteiger partial charge in [-0.3, -0.25) is 0 Å². The van der Waals surface area contributed by atoms with Gasteiger partial charge in [0.1, 0.15) is 5.75 Å². The summed E-state index contributed by atoms with van der Waals surface area (Å²) < 4.78 is 11.1. The monoisotopic (exact) mass is 255 g/mol. The van der Waals surface area contributed by atoms with E-state index in [1.807, 2.05) is 25.2 Å². The molecule has 1 N–H and O–H groups in total. The lowest BCUT2D eigenvalue weighted by Gasteiger charge is -2.24. The summed E-state index contributed by atoms with van der Waals surface area (Å²) >= 11 is 6.06. The molecule has 0 aliphatic carbocycles. The van der Waals surface area contributed by atoms with Crippen LogP contribution in [0.1, 0.15) is 24.4 Å². The second kappa shape index (κ2) is 5.71. The van der Waals surface area contributed by atoms with E-state index in [0.717, 1.165) is 35.8 Å². The molecule has 0 saturated carbocycles. The molecule has 1 saturated heterocycles. The van der Waals surface area contributed by atoms with Crippen molar-refractivity contribution in [2.45, 2.75) is 25.0 Å². The molecule has 0 bridgehead atoms. The van der Waals surface area contributed by atoms with Gasteiger partial charge in [-0.2, -0.15) is 0 Å². The van der Waals surface area contributed by atoms with Crippen molar-refractivity contribution in [1.29, 1.82) is 0 Å². The van der Waals surface area contributed by atoms with E-state index in [2.05, 4.69) is 5.32 Å². The zero-order chi connectivity index (χ0) is 12.3. The van der Waals surface area contributed by atoms with E-state index in [1.165, 1.54) is 0 Å². The van der Waals surface area contributed by atoms with E-state index >= 15 is 0 Å². The molecule has 2 atom stereocenters. The normalized spacial score (nSPS) is 21.5. The summed E-state index contributed by atoms with van der Waals surface area (Å²) in [6.45, 7) is 0.839. The number of halogens is 1. The Morgan fingerprint density at radius 1 is 1.53 bits per heavy atom. The molecule has 1 aliphatic rings. The van der Waals surface area contributed by atoms with Gasteiger partial charge in [0.2, 0.25) is 0 Å². The maximum absolute atomic E-state index is 6.06. The van der Waals surface area contributed by atoms with Gasteiger partial charge in [0, 0.05) is 17.2 Å². The van der Waals surface area contributed by atoms with Crippen LogP contribution in [-0.2, 0) is 4.74 Å². The van der Waals surface area contributed by atoms with Crippen molar-refractivity contribution < 1.29 is 9.47 Å². The number of rotatable bonds is 4. The molecule has 0 aromatic heterocycles. The number of hydrogen-bond donors (Lipinski definition) is 1. The van der Waals surface area contributed by atoms with Crippen molar-refractivity contribution in [2.24, 2.45) is 0 Å². The standard InChI is InChI=1S/C13H18ClNO2/c1-15-13(12-4-3-7-17-12)10-8-9(14)5-6-11(10)16-2/h5-6,8,12-13,15H,3-4,7H2,1-2H3. The van der Waals surface area contributed by atoms with E-state index in [-0.39, 0.29) is 12.1 Å². The molecule has 4 heteroatoms. The number of likely N-dealkylation sites (N-methyl/N-ethyl adjacent to an activating group) is 1. The van der Waals surface area contributed by atoms with Crippen molar-refractivity contribution in [3.05, 3.63) is 28.8 Å². The van der Waals surface area contributed by atoms with E-state index in [1.54, 1.807) is 7.11 Å². The summed E-state index contributed by atoms with van der Waals surface area (Å²) in [5.41, 5.74) is 1.06. The van der Waals surface area contributed by atoms with Crippen LogP contribution < -0.4 is 10.1 Å². The molecule has 1 aromatic rings. The van der Waals surface area contributed by atoms with Gasteiger partial charge in [-0.25, -0.2) is 0 Å². The second-order valence-corrected chi connectivity index (χ2v) is 4.64. The van der Waals surface area contributed by atoms with Crippen LogP contribution in [0.5, 0.6) is 5.75 Å². The average Bonchev–Trinajstić information content (AvgIpc) is 2.84. The van der Waals surface area contributed by atoms with Crippen molar-refractivity contribution in [1.82, 2.24) is 5.32 Å². The third-order valence-electron chi connectivity index (χ3n) is 3.17. The number of ether oxygens (including phenoxy) is 2. The van der Waals surface area contributed by atoms with Crippen molar-refractivity contribution in [3.63, 3.8) is 0 Å². The fourth-order valence-corrected chi connectivity index (χ4v) is 2.54. The molecule has 3 nitrogen and oxygen atoms in total. The van der Waals surface area contributed by atoms with Crippen molar-refractivity contribution in [3.8, 4) is 5.75 Å². The molecule has 17 heavy (non-hydrogen) atoms. The lowest BCUT2D eigenvalue weighted by molar-refractivity contribution is 0.0799. The molecule has 2 rings (SSSR count). The summed E-state index contributed by atoms with van der Waals surface area (Å²) in [5, 5.41) is 4.02. The first-order valence-electron chi connectivity index (χ1n) is 5.88. The first-order valence-corrected chi connectivity index (χ1v) is 6.26. The first kappa shape index (κ1) is 12.7. The minimum Gasteiger partial charge on any atom is -0.496 e. The van der Waals surface area contributed by atoms with Crippen LogP contribution in [0.25, 0.3) is 0 Å². The quantitative estimate of drug-likeness (QED) is 0.898. The third kappa shape index (κ3) is 2.73. The zero-order valence-corrected chi connectivity index (χ0v) is 11.0. The SMILES string of the molecule is CNC(c1cc(Cl)ccc1OC)C1CCCO1. The van der Waals surface area contributed by atoms with E-state index < -0.39 is 0 Å². The summed E-state index contributed by atoms with van der Waals surface area (Å²) in [7, 11) is 3.61. The smallest absolute Gasteiger partial charge is 0.123 e. The van der Waals surface area contributed by atoms with Crippen LogP contribution >= 0.6 is 11.6 Å². The molecule has 0 amide bonds. The molecule has 1 aromatic carbocycles. The van der Waals surface area contributed by atoms with Crippen LogP contribution in [0.2, 0.25) is 5.02 Å². The molecule has 0 spiro atoms. The Hall–Kier alpha value is -0.770. The Morgan fingerprint density at radius 3 is 2.94 bits per heavy atom. The molecule has 94 valence electrons. The maximum atomic E-state index is 6.06. The average molecular weight is 256 g/mol. The first-order chi connectivity index (χ1) is 8.26. The minimum atomic E-state index is 0.131. The lowest BCUT2D eigenvalue weighted by Crippen LogP contribution is -2.29. The molecular formula is C13H18ClNO2. The number of hydrogen-bond acceptors (Lipinski definition) is 3. The van der Waals surface area contributed by atoms with Crippen LogP contribution in [0.3, 0.4) is 0 Å². The zero-order valence-electron chi connectivity index (χ0n) is 10.2. The van der Waals surface area contributed by atoms with E-state index in [9.17, 15) is 0 Å². The topological polar surface area (TPSA) is 30.5 Å². The van der Waals surface area contributed by atoms with Gasteiger partial charge in [0.15, 0.2) is 0 Å².